The van der Waals surface area contributed by atoms with Crippen LogP contribution in [0.3, 0.4) is 0 Å². The summed E-state index contributed by atoms with van der Waals surface area (Å²) < 4.78 is 13.6. The molecule has 0 bridgehead atoms. The van der Waals surface area contributed by atoms with Crippen molar-refractivity contribution in [3.05, 3.63) is 126 Å². The third-order valence-corrected chi connectivity index (χ3v) is 7.95. The van der Waals surface area contributed by atoms with Gasteiger partial charge in [-0.1, -0.05) is 103 Å². The van der Waals surface area contributed by atoms with Gasteiger partial charge in [0, 0.05) is 23.8 Å². The first kappa shape index (κ1) is 20.6. The van der Waals surface area contributed by atoms with Gasteiger partial charge in [0.15, 0.2) is 0 Å². The molecule has 1 aliphatic rings. The van der Waals surface area contributed by atoms with Crippen molar-refractivity contribution in [3.63, 3.8) is 0 Å². The summed E-state index contributed by atoms with van der Waals surface area (Å²) in [6, 6.07) is 29.3. The van der Waals surface area contributed by atoms with Gasteiger partial charge < -0.3 is 10.2 Å². The van der Waals surface area contributed by atoms with Crippen LogP contribution in [0, 0.1) is 5.92 Å². The first-order valence-corrected chi connectivity index (χ1v) is 11.9. The minimum atomic E-state index is -3.62. The Morgan fingerprint density at radius 3 is 2.03 bits per heavy atom. The van der Waals surface area contributed by atoms with E-state index in [4.69, 9.17) is 0 Å². The average Bonchev–Trinajstić information content (AvgIpc) is 2.81. The van der Waals surface area contributed by atoms with Crippen molar-refractivity contribution >= 4 is 12.7 Å². The number of benzene rings is 3. The molecule has 0 saturated carbocycles. The molecule has 152 valence electrons. The Morgan fingerprint density at radius 2 is 1.37 bits per heavy atom. The van der Waals surface area contributed by atoms with Gasteiger partial charge in [0.05, 0.1) is 5.66 Å². The normalized spacial score (nSPS) is 21.1. The average molecular weight is 415 g/mol. The lowest BCUT2D eigenvalue weighted by atomic mass is 9.87. The molecular formula is C26H26NO2P. The van der Waals surface area contributed by atoms with Crippen LogP contribution in [0.15, 0.2) is 115 Å². The summed E-state index contributed by atoms with van der Waals surface area (Å²) in [5.74, 6) is -0.155. The van der Waals surface area contributed by atoms with E-state index in [1.54, 1.807) is 12.1 Å². The molecule has 0 fully saturated rings. The minimum Gasteiger partial charge on any atom is -0.341 e. The Kier molecular flexibility index (Phi) is 6.44. The standard InChI is InChI=1S/C26H26NO2P/c28-30(29,23-16-8-3-9-17-23)25-19-11-10-18-24(25)26(22-14-6-2-7-15-22)27-20-21-12-4-1-5-13-21/h1-19,24-27H,20H2,(H,28,29)/t24-,25+,26+/m1/s1. The maximum atomic E-state index is 13.6. The molecule has 0 amide bonds. The highest BCUT2D eigenvalue weighted by Crippen LogP contribution is 2.52. The SMILES string of the molecule is O=P(O)(c1ccccc1)[C@H]1C=CC=C[C@H]1[C@@H](NCc1ccccc1)c1ccccc1. The summed E-state index contributed by atoms with van der Waals surface area (Å²) in [6.07, 6.45) is 7.81. The van der Waals surface area contributed by atoms with Crippen LogP contribution in [0.25, 0.3) is 0 Å². The van der Waals surface area contributed by atoms with E-state index in [9.17, 15) is 9.46 Å². The van der Waals surface area contributed by atoms with Gasteiger partial charge in [-0.05, 0) is 23.3 Å². The molecule has 0 aliphatic heterocycles. The number of allylic oxidation sites excluding steroid dienone is 3. The molecule has 2 N–H and O–H groups in total. The highest BCUT2D eigenvalue weighted by atomic mass is 31.2. The maximum Gasteiger partial charge on any atom is 0.236 e. The van der Waals surface area contributed by atoms with Gasteiger partial charge in [-0.25, -0.2) is 0 Å². The van der Waals surface area contributed by atoms with Crippen molar-refractivity contribution in [3.8, 4) is 0 Å². The summed E-state index contributed by atoms with van der Waals surface area (Å²) >= 11 is 0. The summed E-state index contributed by atoms with van der Waals surface area (Å²) in [7, 11) is -3.62. The van der Waals surface area contributed by atoms with Crippen LogP contribution in [0.1, 0.15) is 17.2 Å². The zero-order chi connectivity index (χ0) is 20.8. The fraction of sp³-hybridized carbons (Fsp3) is 0.154. The molecule has 30 heavy (non-hydrogen) atoms. The Labute approximate surface area is 178 Å². The molecule has 0 aromatic heterocycles. The molecular weight excluding hydrogens is 389 g/mol. The van der Waals surface area contributed by atoms with Gasteiger partial charge >= 0.3 is 0 Å². The lowest BCUT2D eigenvalue weighted by molar-refractivity contribution is 0.397. The summed E-state index contributed by atoms with van der Waals surface area (Å²) in [4.78, 5) is 11.2. The topological polar surface area (TPSA) is 49.3 Å². The first-order valence-electron chi connectivity index (χ1n) is 10.2. The third-order valence-electron chi connectivity index (χ3n) is 5.59. The van der Waals surface area contributed by atoms with Crippen LogP contribution in [0.4, 0.5) is 0 Å². The highest BCUT2D eigenvalue weighted by molar-refractivity contribution is 7.67. The quantitative estimate of drug-likeness (QED) is 0.520. The molecule has 4 atom stereocenters. The van der Waals surface area contributed by atoms with Crippen molar-refractivity contribution < 1.29 is 9.46 Å². The van der Waals surface area contributed by atoms with E-state index in [2.05, 4.69) is 35.7 Å². The van der Waals surface area contributed by atoms with Gasteiger partial charge in [0.25, 0.3) is 0 Å². The van der Waals surface area contributed by atoms with Crippen molar-refractivity contribution in [2.75, 3.05) is 0 Å². The van der Waals surface area contributed by atoms with E-state index in [-0.39, 0.29) is 12.0 Å². The molecule has 3 aromatic carbocycles. The fourth-order valence-corrected chi connectivity index (χ4v) is 6.06. The van der Waals surface area contributed by atoms with Crippen LogP contribution >= 0.6 is 7.37 Å². The Hall–Kier alpha value is -2.71. The predicted octanol–water partition coefficient (Wildman–Crippen LogP) is 5.22. The van der Waals surface area contributed by atoms with Crippen LogP contribution in [0.5, 0.6) is 0 Å². The molecule has 0 saturated heterocycles. The predicted molar refractivity (Wildman–Crippen MR) is 124 cm³/mol. The number of hydrogen-bond acceptors (Lipinski definition) is 2. The monoisotopic (exact) mass is 415 g/mol. The summed E-state index contributed by atoms with van der Waals surface area (Å²) in [5, 5.41) is 4.15. The molecule has 0 spiro atoms. The lowest BCUT2D eigenvalue weighted by Crippen LogP contribution is -2.35. The van der Waals surface area contributed by atoms with E-state index < -0.39 is 13.0 Å². The zero-order valence-electron chi connectivity index (χ0n) is 16.7. The summed E-state index contributed by atoms with van der Waals surface area (Å²) in [6.45, 7) is 0.683. The lowest BCUT2D eigenvalue weighted by Gasteiger charge is -2.35. The van der Waals surface area contributed by atoms with Crippen molar-refractivity contribution in [1.29, 1.82) is 0 Å². The van der Waals surface area contributed by atoms with E-state index >= 15 is 0 Å². The van der Waals surface area contributed by atoms with Crippen LogP contribution in [0.2, 0.25) is 0 Å². The number of hydrogen-bond donors (Lipinski definition) is 2. The molecule has 3 aromatic rings. The van der Waals surface area contributed by atoms with Crippen LogP contribution in [-0.2, 0) is 11.1 Å². The van der Waals surface area contributed by atoms with Crippen molar-refractivity contribution in [2.24, 2.45) is 5.92 Å². The largest absolute Gasteiger partial charge is 0.341 e. The van der Waals surface area contributed by atoms with Crippen molar-refractivity contribution in [2.45, 2.75) is 18.2 Å². The first-order chi connectivity index (χ1) is 14.7. The number of nitrogens with one attached hydrogen (secondary N) is 1. The summed E-state index contributed by atoms with van der Waals surface area (Å²) in [5.41, 5.74) is 1.79. The number of rotatable bonds is 7. The van der Waals surface area contributed by atoms with Gasteiger partial charge in [-0.2, -0.15) is 0 Å². The van der Waals surface area contributed by atoms with Gasteiger partial charge in [0.1, 0.15) is 0 Å². The zero-order valence-corrected chi connectivity index (χ0v) is 17.6. The smallest absolute Gasteiger partial charge is 0.236 e. The Balaban J connectivity index is 1.68. The molecule has 3 nitrogen and oxygen atoms in total. The second-order valence-corrected chi connectivity index (χ2v) is 9.91. The van der Waals surface area contributed by atoms with E-state index in [0.717, 1.165) is 5.56 Å². The second-order valence-electron chi connectivity index (χ2n) is 7.55. The highest BCUT2D eigenvalue weighted by Gasteiger charge is 2.40. The van der Waals surface area contributed by atoms with Crippen LogP contribution in [-0.4, -0.2) is 10.6 Å². The van der Waals surface area contributed by atoms with Gasteiger partial charge in [-0.15, -0.1) is 0 Å². The Morgan fingerprint density at radius 1 is 0.800 bits per heavy atom. The van der Waals surface area contributed by atoms with E-state index in [1.807, 2.05) is 72.8 Å². The molecule has 4 heteroatoms. The molecule has 1 unspecified atom stereocenters. The minimum absolute atomic E-state index is 0.0956. The van der Waals surface area contributed by atoms with Gasteiger partial charge in [0.2, 0.25) is 7.37 Å². The molecule has 0 radical (unpaired) electrons. The van der Waals surface area contributed by atoms with E-state index in [1.165, 1.54) is 5.56 Å². The maximum absolute atomic E-state index is 13.6. The van der Waals surface area contributed by atoms with Gasteiger partial charge in [-0.3, -0.25) is 4.57 Å². The molecule has 1 aliphatic carbocycles. The third kappa shape index (κ3) is 4.55. The molecule has 0 heterocycles. The van der Waals surface area contributed by atoms with E-state index in [0.29, 0.717) is 11.8 Å². The van der Waals surface area contributed by atoms with Crippen LogP contribution < -0.4 is 10.6 Å². The van der Waals surface area contributed by atoms with Crippen molar-refractivity contribution in [1.82, 2.24) is 5.32 Å². The fourth-order valence-electron chi connectivity index (χ4n) is 4.04. The Bertz CT molecular complexity index is 1050. The molecule has 4 rings (SSSR count). The second kappa shape index (κ2) is 9.40.